The molecule has 0 saturated heterocycles. The maximum Gasteiger partial charge on any atom is 0.227 e. The van der Waals surface area contributed by atoms with Crippen molar-refractivity contribution in [2.45, 2.75) is 43.2 Å². The van der Waals surface area contributed by atoms with E-state index in [1.807, 2.05) is 30.3 Å². The van der Waals surface area contributed by atoms with Gasteiger partial charge in [-0.15, -0.1) is 0 Å². The van der Waals surface area contributed by atoms with Gasteiger partial charge in [-0.05, 0) is 24.5 Å². The quantitative estimate of drug-likeness (QED) is 0.270. The van der Waals surface area contributed by atoms with Crippen molar-refractivity contribution in [3.63, 3.8) is 0 Å². The van der Waals surface area contributed by atoms with Gasteiger partial charge in [-0.2, -0.15) is 15.1 Å². The SMILES string of the molecule is Nc1nc(N[C@H](CO)Cc2ccccc2)nc2c1ncn2[C@@H]1C[C@H](n2cccn2)[C@@H](O)[C@H]1O. The van der Waals surface area contributed by atoms with E-state index < -0.39 is 18.2 Å². The standard InChI is InChI=1S/C22H26N8O3/c23-20-17-21(28-22(27-20)26-14(11-31)9-13-5-2-1-3-6-13)29(12-24-17)15-10-16(19(33)18(15)32)30-8-4-7-25-30/h1-8,12,14-16,18-19,31-33H,9-11H2,(H3,23,26,27,28)/t14-,15+,16-,18-,19+/m0/s1. The molecule has 3 aromatic heterocycles. The Hall–Kier alpha value is -3.54. The number of aliphatic hydroxyl groups excluding tert-OH is 3. The van der Waals surface area contributed by atoms with E-state index in [-0.39, 0.29) is 30.5 Å². The molecule has 0 spiro atoms. The first-order chi connectivity index (χ1) is 16.0. The van der Waals surface area contributed by atoms with E-state index in [2.05, 4.69) is 25.4 Å². The summed E-state index contributed by atoms with van der Waals surface area (Å²) in [6, 6.07) is 10.4. The highest BCUT2D eigenvalue weighted by Crippen LogP contribution is 2.39. The van der Waals surface area contributed by atoms with Crippen LogP contribution in [0.3, 0.4) is 0 Å². The summed E-state index contributed by atoms with van der Waals surface area (Å²) in [5.74, 6) is 0.447. The lowest BCUT2D eigenvalue weighted by Gasteiger charge is -2.19. The molecule has 11 nitrogen and oxygen atoms in total. The van der Waals surface area contributed by atoms with E-state index in [1.165, 1.54) is 0 Å². The predicted octanol–water partition coefficient (Wildman–Crippen LogP) is 0.528. The van der Waals surface area contributed by atoms with E-state index in [0.29, 0.717) is 24.0 Å². The molecule has 0 bridgehead atoms. The molecule has 0 aliphatic heterocycles. The molecule has 6 N–H and O–H groups in total. The number of nitrogens with zero attached hydrogens (tertiary/aromatic N) is 6. The Morgan fingerprint density at radius 3 is 2.61 bits per heavy atom. The smallest absolute Gasteiger partial charge is 0.227 e. The van der Waals surface area contributed by atoms with Crippen molar-refractivity contribution in [1.82, 2.24) is 29.3 Å². The van der Waals surface area contributed by atoms with Gasteiger partial charge in [-0.1, -0.05) is 30.3 Å². The molecule has 1 fully saturated rings. The molecule has 0 radical (unpaired) electrons. The molecule has 5 atom stereocenters. The lowest BCUT2D eigenvalue weighted by atomic mass is 10.1. The van der Waals surface area contributed by atoms with Crippen LogP contribution in [0.2, 0.25) is 0 Å². The average molecular weight is 451 g/mol. The van der Waals surface area contributed by atoms with Crippen LogP contribution in [0.5, 0.6) is 0 Å². The van der Waals surface area contributed by atoms with Gasteiger partial charge in [-0.25, -0.2) is 4.98 Å². The molecule has 1 aromatic carbocycles. The number of rotatable bonds is 7. The van der Waals surface area contributed by atoms with Crippen molar-refractivity contribution in [3.05, 3.63) is 60.7 Å². The van der Waals surface area contributed by atoms with Gasteiger partial charge in [0.15, 0.2) is 11.5 Å². The Balaban J connectivity index is 1.43. The third-order valence-corrected chi connectivity index (χ3v) is 6.17. The molecule has 11 heteroatoms. The number of nitrogen functional groups attached to an aromatic ring is 1. The summed E-state index contributed by atoms with van der Waals surface area (Å²) in [6.45, 7) is -0.117. The molecule has 3 heterocycles. The zero-order valence-electron chi connectivity index (χ0n) is 17.8. The van der Waals surface area contributed by atoms with Crippen LogP contribution >= 0.6 is 0 Å². The minimum atomic E-state index is -1.03. The van der Waals surface area contributed by atoms with E-state index >= 15 is 0 Å². The summed E-state index contributed by atoms with van der Waals surface area (Å²) in [5.41, 5.74) is 8.07. The van der Waals surface area contributed by atoms with E-state index in [1.54, 1.807) is 34.0 Å². The van der Waals surface area contributed by atoms with Crippen LogP contribution < -0.4 is 11.1 Å². The van der Waals surface area contributed by atoms with E-state index in [4.69, 9.17) is 5.73 Å². The number of fused-ring (bicyclic) bond motifs is 1. The fourth-order valence-electron chi connectivity index (χ4n) is 4.49. The number of nitrogens with one attached hydrogen (secondary N) is 1. The van der Waals surface area contributed by atoms with Crippen LogP contribution in [-0.4, -0.2) is 69.5 Å². The maximum atomic E-state index is 10.8. The van der Waals surface area contributed by atoms with Gasteiger partial charge < -0.3 is 30.9 Å². The largest absolute Gasteiger partial charge is 0.394 e. The predicted molar refractivity (Wildman–Crippen MR) is 121 cm³/mol. The van der Waals surface area contributed by atoms with Crippen molar-refractivity contribution in [3.8, 4) is 0 Å². The minimum Gasteiger partial charge on any atom is -0.394 e. The van der Waals surface area contributed by atoms with Gasteiger partial charge >= 0.3 is 0 Å². The van der Waals surface area contributed by atoms with Crippen molar-refractivity contribution in [1.29, 1.82) is 0 Å². The topological polar surface area (TPSA) is 160 Å². The summed E-state index contributed by atoms with van der Waals surface area (Å²) in [5, 5.41) is 38.6. The van der Waals surface area contributed by atoms with E-state index in [0.717, 1.165) is 5.56 Å². The van der Waals surface area contributed by atoms with Gasteiger partial charge in [0.1, 0.15) is 17.7 Å². The third kappa shape index (κ3) is 4.01. The lowest BCUT2D eigenvalue weighted by molar-refractivity contribution is 0.00722. The van der Waals surface area contributed by atoms with Gasteiger partial charge in [-0.3, -0.25) is 4.68 Å². The number of hydrogen-bond acceptors (Lipinski definition) is 9. The summed E-state index contributed by atoms with van der Waals surface area (Å²) >= 11 is 0. The molecule has 1 aliphatic rings. The number of aromatic nitrogens is 6. The third-order valence-electron chi connectivity index (χ3n) is 6.17. The molecular weight excluding hydrogens is 424 g/mol. The number of imidazole rings is 1. The highest BCUT2D eigenvalue weighted by molar-refractivity contribution is 5.83. The van der Waals surface area contributed by atoms with Crippen molar-refractivity contribution in [2.75, 3.05) is 17.7 Å². The first-order valence-electron chi connectivity index (χ1n) is 10.8. The normalized spacial score (nSPS) is 23.7. The minimum absolute atomic E-state index is 0.117. The van der Waals surface area contributed by atoms with Gasteiger partial charge in [0.05, 0.1) is 31.1 Å². The Labute approximate surface area is 189 Å². The van der Waals surface area contributed by atoms with Crippen molar-refractivity contribution in [2.24, 2.45) is 0 Å². The Bertz CT molecular complexity index is 1210. The molecule has 0 amide bonds. The van der Waals surface area contributed by atoms with Crippen LogP contribution in [0.4, 0.5) is 11.8 Å². The summed E-state index contributed by atoms with van der Waals surface area (Å²) in [4.78, 5) is 13.2. The zero-order chi connectivity index (χ0) is 22.9. The lowest BCUT2D eigenvalue weighted by Crippen LogP contribution is -2.30. The van der Waals surface area contributed by atoms with Gasteiger partial charge in [0.25, 0.3) is 0 Å². The number of aliphatic hydroxyl groups is 3. The Kier molecular flexibility index (Phi) is 5.67. The molecule has 0 unspecified atom stereocenters. The van der Waals surface area contributed by atoms with Crippen molar-refractivity contribution < 1.29 is 15.3 Å². The number of hydrogen-bond donors (Lipinski definition) is 5. The number of anilines is 2. The van der Waals surface area contributed by atoms with Crippen LogP contribution in [0, 0.1) is 0 Å². The second kappa shape index (κ2) is 8.77. The van der Waals surface area contributed by atoms with Crippen LogP contribution in [0.25, 0.3) is 11.2 Å². The van der Waals surface area contributed by atoms with Crippen LogP contribution in [-0.2, 0) is 6.42 Å². The molecule has 1 aliphatic carbocycles. The molecule has 5 rings (SSSR count). The van der Waals surface area contributed by atoms with Crippen LogP contribution in [0.1, 0.15) is 24.1 Å². The van der Waals surface area contributed by atoms with Crippen molar-refractivity contribution >= 4 is 22.9 Å². The highest BCUT2D eigenvalue weighted by atomic mass is 16.3. The maximum absolute atomic E-state index is 10.8. The molecule has 172 valence electrons. The zero-order valence-corrected chi connectivity index (χ0v) is 17.8. The molecular formula is C22H26N8O3. The Morgan fingerprint density at radius 1 is 1.09 bits per heavy atom. The van der Waals surface area contributed by atoms with Gasteiger partial charge in [0, 0.05) is 12.4 Å². The first-order valence-corrected chi connectivity index (χ1v) is 10.8. The summed E-state index contributed by atoms with van der Waals surface area (Å²) < 4.78 is 3.37. The van der Waals surface area contributed by atoms with Crippen LogP contribution in [0.15, 0.2) is 55.1 Å². The average Bonchev–Trinajstić information content (AvgIpc) is 3.55. The second-order valence-electron chi connectivity index (χ2n) is 8.31. The number of nitrogens with two attached hydrogens (primary N) is 1. The number of benzene rings is 1. The first kappa shape index (κ1) is 21.3. The molecule has 4 aromatic rings. The summed E-state index contributed by atoms with van der Waals surface area (Å²) in [7, 11) is 0. The fourth-order valence-corrected chi connectivity index (χ4v) is 4.49. The fraction of sp³-hybridized carbons (Fsp3) is 0.364. The summed E-state index contributed by atoms with van der Waals surface area (Å²) in [6.07, 6.45) is 3.95. The van der Waals surface area contributed by atoms with E-state index in [9.17, 15) is 15.3 Å². The van der Waals surface area contributed by atoms with Gasteiger partial charge in [0.2, 0.25) is 5.95 Å². The monoisotopic (exact) mass is 450 g/mol. The Morgan fingerprint density at radius 2 is 1.88 bits per heavy atom. The molecule has 1 saturated carbocycles. The second-order valence-corrected chi connectivity index (χ2v) is 8.31. The molecule has 33 heavy (non-hydrogen) atoms. The highest BCUT2D eigenvalue weighted by Gasteiger charge is 2.44.